The van der Waals surface area contributed by atoms with E-state index in [1.54, 1.807) is 11.0 Å². The highest BCUT2D eigenvalue weighted by Crippen LogP contribution is 2.35. The Morgan fingerprint density at radius 3 is 2.52 bits per heavy atom. The van der Waals surface area contributed by atoms with Crippen LogP contribution >= 0.6 is 15.9 Å². The molecule has 1 aromatic rings. The number of carbonyl (C=O) groups is 1. The standard InChI is InChI=1S/C16H22BrNO3/c1-16(2,3)21-15(20)18-8-6-11(7-9-18)13-10-12(17)4-5-14(13)19/h4-5,10-11,19H,6-9H2,1-3H3. The molecule has 0 aliphatic carbocycles. The van der Waals surface area contributed by atoms with Gasteiger partial charge in [-0.3, -0.25) is 0 Å². The van der Waals surface area contributed by atoms with Gasteiger partial charge in [0.1, 0.15) is 11.4 Å². The van der Waals surface area contributed by atoms with Crippen LogP contribution in [0.3, 0.4) is 0 Å². The van der Waals surface area contributed by atoms with Crippen molar-refractivity contribution in [2.75, 3.05) is 13.1 Å². The summed E-state index contributed by atoms with van der Waals surface area (Å²) < 4.78 is 6.35. The number of phenols is 1. The van der Waals surface area contributed by atoms with Crippen LogP contribution in [0.5, 0.6) is 5.75 Å². The molecular weight excluding hydrogens is 334 g/mol. The molecule has 1 aliphatic rings. The van der Waals surface area contributed by atoms with Crippen molar-refractivity contribution in [3.05, 3.63) is 28.2 Å². The van der Waals surface area contributed by atoms with E-state index in [2.05, 4.69) is 15.9 Å². The highest BCUT2D eigenvalue weighted by molar-refractivity contribution is 9.10. The Morgan fingerprint density at radius 1 is 1.33 bits per heavy atom. The SMILES string of the molecule is CC(C)(C)OC(=O)N1CCC(c2cc(Br)ccc2O)CC1. The van der Waals surface area contributed by atoms with Crippen LogP contribution in [0.4, 0.5) is 4.79 Å². The fraction of sp³-hybridized carbons (Fsp3) is 0.562. The van der Waals surface area contributed by atoms with Crippen LogP contribution in [0.1, 0.15) is 45.1 Å². The van der Waals surface area contributed by atoms with Gasteiger partial charge in [-0.05, 0) is 63.3 Å². The summed E-state index contributed by atoms with van der Waals surface area (Å²) in [6.07, 6.45) is 1.42. The van der Waals surface area contributed by atoms with Crippen LogP contribution in [0.25, 0.3) is 0 Å². The fourth-order valence-electron chi connectivity index (χ4n) is 2.55. The van der Waals surface area contributed by atoms with E-state index in [0.717, 1.165) is 22.9 Å². The molecule has 1 fully saturated rings. The van der Waals surface area contributed by atoms with E-state index in [1.807, 2.05) is 32.9 Å². The Balaban J connectivity index is 1.97. The van der Waals surface area contributed by atoms with Gasteiger partial charge in [-0.15, -0.1) is 0 Å². The topological polar surface area (TPSA) is 49.8 Å². The van der Waals surface area contributed by atoms with E-state index in [1.165, 1.54) is 0 Å². The van der Waals surface area contributed by atoms with Crippen molar-refractivity contribution in [3.63, 3.8) is 0 Å². The molecule has 0 aromatic heterocycles. The fourth-order valence-corrected chi connectivity index (χ4v) is 2.93. The number of amides is 1. The predicted octanol–water partition coefficient (Wildman–Crippen LogP) is 4.27. The molecule has 0 saturated carbocycles. The first kappa shape index (κ1) is 16.1. The second-order valence-corrected chi connectivity index (χ2v) is 7.36. The van der Waals surface area contributed by atoms with Crippen molar-refractivity contribution in [1.82, 2.24) is 4.90 Å². The molecule has 0 radical (unpaired) electrons. The zero-order chi connectivity index (χ0) is 15.6. The molecule has 1 aliphatic heterocycles. The largest absolute Gasteiger partial charge is 0.508 e. The van der Waals surface area contributed by atoms with Crippen LogP contribution in [-0.4, -0.2) is 34.8 Å². The van der Waals surface area contributed by atoms with Gasteiger partial charge in [-0.25, -0.2) is 4.79 Å². The molecule has 2 rings (SSSR count). The van der Waals surface area contributed by atoms with E-state index < -0.39 is 5.60 Å². The molecule has 0 unspecified atom stereocenters. The number of hydrogen-bond donors (Lipinski definition) is 1. The highest BCUT2D eigenvalue weighted by Gasteiger charge is 2.28. The van der Waals surface area contributed by atoms with Gasteiger partial charge < -0.3 is 14.7 Å². The van der Waals surface area contributed by atoms with Gasteiger partial charge in [0.15, 0.2) is 0 Å². The molecule has 1 amide bonds. The first-order valence-corrected chi connectivity index (χ1v) is 8.02. The van der Waals surface area contributed by atoms with Gasteiger partial charge in [0, 0.05) is 17.6 Å². The Labute approximate surface area is 134 Å². The molecule has 0 atom stereocenters. The maximum Gasteiger partial charge on any atom is 0.410 e. The van der Waals surface area contributed by atoms with Crippen molar-refractivity contribution in [1.29, 1.82) is 0 Å². The zero-order valence-electron chi connectivity index (χ0n) is 12.7. The lowest BCUT2D eigenvalue weighted by molar-refractivity contribution is 0.0204. The monoisotopic (exact) mass is 355 g/mol. The summed E-state index contributed by atoms with van der Waals surface area (Å²) in [4.78, 5) is 13.8. The number of rotatable bonds is 1. The second-order valence-electron chi connectivity index (χ2n) is 6.44. The maximum absolute atomic E-state index is 12.0. The third-order valence-corrected chi connectivity index (χ3v) is 4.07. The van der Waals surface area contributed by atoms with E-state index in [4.69, 9.17) is 4.74 Å². The van der Waals surface area contributed by atoms with E-state index in [0.29, 0.717) is 18.8 Å². The molecule has 116 valence electrons. The first-order chi connectivity index (χ1) is 9.76. The maximum atomic E-state index is 12.0. The molecule has 21 heavy (non-hydrogen) atoms. The number of benzene rings is 1. The third-order valence-electron chi connectivity index (χ3n) is 3.58. The van der Waals surface area contributed by atoms with Crippen LogP contribution in [-0.2, 0) is 4.74 Å². The average Bonchev–Trinajstić information content (AvgIpc) is 2.40. The number of nitrogens with zero attached hydrogens (tertiary/aromatic N) is 1. The highest BCUT2D eigenvalue weighted by atomic mass is 79.9. The molecule has 1 saturated heterocycles. The molecule has 1 aromatic carbocycles. The van der Waals surface area contributed by atoms with Gasteiger partial charge in [0.2, 0.25) is 0 Å². The van der Waals surface area contributed by atoms with Crippen molar-refractivity contribution in [3.8, 4) is 5.75 Å². The number of carbonyl (C=O) groups excluding carboxylic acids is 1. The smallest absolute Gasteiger partial charge is 0.410 e. The lowest BCUT2D eigenvalue weighted by Gasteiger charge is -2.33. The summed E-state index contributed by atoms with van der Waals surface area (Å²) in [5.41, 5.74) is 0.490. The van der Waals surface area contributed by atoms with Crippen molar-refractivity contribution in [2.45, 2.75) is 45.1 Å². The van der Waals surface area contributed by atoms with Gasteiger partial charge in [-0.1, -0.05) is 15.9 Å². The molecule has 0 spiro atoms. The predicted molar refractivity (Wildman–Crippen MR) is 85.6 cm³/mol. The van der Waals surface area contributed by atoms with Gasteiger partial charge in [0.05, 0.1) is 0 Å². The molecule has 4 nitrogen and oxygen atoms in total. The van der Waals surface area contributed by atoms with Gasteiger partial charge in [0.25, 0.3) is 0 Å². The quantitative estimate of drug-likeness (QED) is 0.818. The molecule has 1 N–H and O–H groups in total. The average molecular weight is 356 g/mol. The van der Waals surface area contributed by atoms with Crippen LogP contribution in [0, 0.1) is 0 Å². The minimum Gasteiger partial charge on any atom is -0.508 e. The van der Waals surface area contributed by atoms with Crippen molar-refractivity contribution in [2.24, 2.45) is 0 Å². The van der Waals surface area contributed by atoms with E-state index >= 15 is 0 Å². The summed E-state index contributed by atoms with van der Waals surface area (Å²) in [5.74, 6) is 0.607. The number of aromatic hydroxyl groups is 1. The minimum absolute atomic E-state index is 0.251. The Morgan fingerprint density at radius 2 is 1.95 bits per heavy atom. The number of halogens is 1. The molecular formula is C16H22BrNO3. The van der Waals surface area contributed by atoms with E-state index in [-0.39, 0.29) is 12.0 Å². The summed E-state index contributed by atoms with van der Waals surface area (Å²) in [6, 6.07) is 5.50. The summed E-state index contributed by atoms with van der Waals surface area (Å²) >= 11 is 3.44. The second kappa shape index (κ2) is 6.26. The number of phenolic OH excluding ortho intramolecular Hbond substituents is 1. The van der Waals surface area contributed by atoms with Crippen LogP contribution < -0.4 is 0 Å². The normalized spacial score (nSPS) is 16.9. The first-order valence-electron chi connectivity index (χ1n) is 7.22. The minimum atomic E-state index is -0.462. The number of hydrogen-bond acceptors (Lipinski definition) is 3. The van der Waals surface area contributed by atoms with Crippen LogP contribution in [0.2, 0.25) is 0 Å². The summed E-state index contributed by atoms with van der Waals surface area (Å²) in [5, 5.41) is 9.99. The number of piperidine rings is 1. The Bertz CT molecular complexity index is 517. The molecule has 5 heteroatoms. The number of likely N-dealkylation sites (tertiary alicyclic amines) is 1. The van der Waals surface area contributed by atoms with Crippen molar-refractivity contribution < 1.29 is 14.6 Å². The third kappa shape index (κ3) is 4.37. The Kier molecular flexibility index (Phi) is 4.81. The molecule has 1 heterocycles. The Hall–Kier alpha value is -1.23. The molecule has 0 bridgehead atoms. The van der Waals surface area contributed by atoms with Crippen LogP contribution in [0.15, 0.2) is 22.7 Å². The van der Waals surface area contributed by atoms with E-state index in [9.17, 15) is 9.90 Å². The lowest BCUT2D eigenvalue weighted by Crippen LogP contribution is -2.41. The summed E-state index contributed by atoms with van der Waals surface area (Å²) in [7, 11) is 0. The summed E-state index contributed by atoms with van der Waals surface area (Å²) in [6.45, 7) is 6.93. The zero-order valence-corrected chi connectivity index (χ0v) is 14.3. The van der Waals surface area contributed by atoms with Crippen molar-refractivity contribution >= 4 is 22.0 Å². The number of ether oxygens (including phenoxy) is 1. The van der Waals surface area contributed by atoms with Gasteiger partial charge >= 0.3 is 6.09 Å². The van der Waals surface area contributed by atoms with Gasteiger partial charge in [-0.2, -0.15) is 0 Å². The lowest BCUT2D eigenvalue weighted by atomic mass is 9.89.